The van der Waals surface area contributed by atoms with Crippen LogP contribution < -0.4 is 10.2 Å². The van der Waals surface area contributed by atoms with Crippen LogP contribution in [0.15, 0.2) is 18.2 Å². The summed E-state index contributed by atoms with van der Waals surface area (Å²) in [6, 6.07) is 6.46. The Bertz CT molecular complexity index is 1120. The van der Waals surface area contributed by atoms with Crippen molar-refractivity contribution >= 4 is 34.5 Å². The second-order valence-corrected chi connectivity index (χ2v) is 10.6. The van der Waals surface area contributed by atoms with Crippen molar-refractivity contribution in [1.82, 2.24) is 20.0 Å². The van der Waals surface area contributed by atoms with Crippen LogP contribution in [-0.2, 0) is 21.4 Å². The molecule has 1 N–H and O–H groups in total. The van der Waals surface area contributed by atoms with E-state index in [1.807, 2.05) is 33.9 Å². The van der Waals surface area contributed by atoms with Crippen LogP contribution >= 0.6 is 0 Å². The number of hydrogen-bond donors (Lipinski definition) is 1. The number of nitrogens with zero attached hydrogens (tertiary/aromatic N) is 4. The SMILES string of the molecule is C[C@@H]1CN(C(=O)OC(C)(C)C)CC[C@H]1N(C)c1ccc2c(C3CCC(=O)NC3=O)nn(C)c2c1. The summed E-state index contributed by atoms with van der Waals surface area (Å²) in [5, 5.41) is 8.01. The number of carbonyl (C=O) groups excluding carboxylic acids is 3. The van der Waals surface area contributed by atoms with Crippen LogP contribution in [0.3, 0.4) is 0 Å². The molecule has 0 bridgehead atoms. The van der Waals surface area contributed by atoms with Gasteiger partial charge in [0.1, 0.15) is 5.60 Å². The maximum Gasteiger partial charge on any atom is 0.410 e. The van der Waals surface area contributed by atoms with Gasteiger partial charge in [-0.2, -0.15) is 5.10 Å². The van der Waals surface area contributed by atoms with Gasteiger partial charge in [0.15, 0.2) is 0 Å². The molecule has 9 heteroatoms. The van der Waals surface area contributed by atoms with Crippen LogP contribution in [0, 0.1) is 5.92 Å². The lowest BCUT2D eigenvalue weighted by Crippen LogP contribution is -2.51. The van der Waals surface area contributed by atoms with Gasteiger partial charge < -0.3 is 14.5 Å². The standard InChI is InChI=1S/C25H35N5O4/c1-15-14-30(24(33)34-25(2,3)4)12-11-19(15)28(5)16-7-8-17-20(13-16)29(6)27-22(17)18-9-10-21(31)26-23(18)32/h7-8,13,15,18-19H,9-12,14H2,1-6H3,(H,26,31,32)/t15-,18?,19-/m1/s1. The molecule has 3 amide bonds. The Morgan fingerprint density at radius 2 is 1.97 bits per heavy atom. The molecule has 0 saturated carbocycles. The number of imide groups is 1. The number of carbonyl (C=O) groups is 3. The van der Waals surface area contributed by atoms with Crippen molar-refractivity contribution < 1.29 is 19.1 Å². The number of aromatic nitrogens is 2. The zero-order valence-electron chi connectivity index (χ0n) is 20.9. The lowest BCUT2D eigenvalue weighted by Gasteiger charge is -2.42. The molecule has 3 atom stereocenters. The molecular weight excluding hydrogens is 434 g/mol. The van der Waals surface area contributed by atoms with Gasteiger partial charge >= 0.3 is 6.09 Å². The van der Waals surface area contributed by atoms with Crippen molar-refractivity contribution in [3.63, 3.8) is 0 Å². The largest absolute Gasteiger partial charge is 0.444 e. The molecule has 2 aromatic rings. The molecule has 2 fully saturated rings. The normalized spacial score (nSPS) is 23.7. The minimum atomic E-state index is -0.501. The van der Waals surface area contributed by atoms with E-state index >= 15 is 0 Å². The first-order chi connectivity index (χ1) is 15.9. The van der Waals surface area contributed by atoms with Gasteiger partial charge in [0.05, 0.1) is 17.1 Å². The fourth-order valence-corrected chi connectivity index (χ4v) is 5.10. The van der Waals surface area contributed by atoms with Crippen molar-refractivity contribution in [2.75, 3.05) is 25.0 Å². The highest BCUT2D eigenvalue weighted by Gasteiger charge is 2.34. The molecule has 2 aliphatic heterocycles. The molecule has 3 heterocycles. The van der Waals surface area contributed by atoms with E-state index in [1.54, 1.807) is 9.58 Å². The number of aryl methyl sites for hydroxylation is 1. The van der Waals surface area contributed by atoms with Crippen LogP contribution in [0.25, 0.3) is 10.9 Å². The summed E-state index contributed by atoms with van der Waals surface area (Å²) >= 11 is 0. The van der Waals surface area contributed by atoms with Gasteiger partial charge in [0.2, 0.25) is 11.8 Å². The Balaban J connectivity index is 1.51. The number of amides is 3. The van der Waals surface area contributed by atoms with Crippen LogP contribution in [0.1, 0.15) is 58.6 Å². The second-order valence-electron chi connectivity index (χ2n) is 10.6. The summed E-state index contributed by atoms with van der Waals surface area (Å²) in [7, 11) is 3.96. The first kappa shape index (κ1) is 24.0. The minimum absolute atomic E-state index is 0.225. The van der Waals surface area contributed by atoms with Gasteiger partial charge in [-0.3, -0.25) is 19.6 Å². The second kappa shape index (κ2) is 8.92. The van der Waals surface area contributed by atoms with E-state index in [0.717, 1.165) is 28.7 Å². The summed E-state index contributed by atoms with van der Waals surface area (Å²) < 4.78 is 7.36. The Morgan fingerprint density at radius 1 is 1.24 bits per heavy atom. The Labute approximate surface area is 200 Å². The predicted molar refractivity (Wildman–Crippen MR) is 130 cm³/mol. The molecule has 1 aromatic heterocycles. The first-order valence-electron chi connectivity index (χ1n) is 12.0. The summed E-state index contributed by atoms with van der Waals surface area (Å²) in [6.45, 7) is 9.12. The third-order valence-electron chi connectivity index (χ3n) is 6.85. The molecule has 1 aromatic carbocycles. The zero-order valence-corrected chi connectivity index (χ0v) is 20.9. The smallest absolute Gasteiger partial charge is 0.410 e. The number of benzene rings is 1. The number of ether oxygens (including phenoxy) is 1. The molecular formula is C25H35N5O4. The van der Waals surface area contributed by atoms with Crippen molar-refractivity contribution in [2.24, 2.45) is 13.0 Å². The van der Waals surface area contributed by atoms with E-state index in [9.17, 15) is 14.4 Å². The molecule has 2 saturated heterocycles. The van der Waals surface area contributed by atoms with Crippen LogP contribution in [0.5, 0.6) is 0 Å². The lowest BCUT2D eigenvalue weighted by atomic mass is 9.91. The molecule has 2 aliphatic rings. The highest BCUT2D eigenvalue weighted by molar-refractivity contribution is 6.02. The van der Waals surface area contributed by atoms with Gasteiger partial charge in [-0.25, -0.2) is 4.79 Å². The molecule has 9 nitrogen and oxygen atoms in total. The number of hydrogen-bond acceptors (Lipinski definition) is 6. The first-order valence-corrected chi connectivity index (χ1v) is 12.0. The highest BCUT2D eigenvalue weighted by atomic mass is 16.6. The van der Waals surface area contributed by atoms with Crippen LogP contribution in [0.2, 0.25) is 0 Å². The van der Waals surface area contributed by atoms with E-state index in [4.69, 9.17) is 4.74 Å². The van der Waals surface area contributed by atoms with Gasteiger partial charge in [0, 0.05) is 50.7 Å². The third-order valence-corrected chi connectivity index (χ3v) is 6.85. The van der Waals surface area contributed by atoms with Crippen LogP contribution in [-0.4, -0.2) is 64.4 Å². The summed E-state index contributed by atoms with van der Waals surface area (Å²) in [5.41, 5.74) is 2.23. The molecule has 34 heavy (non-hydrogen) atoms. The van der Waals surface area contributed by atoms with E-state index < -0.39 is 11.5 Å². The van der Waals surface area contributed by atoms with Crippen molar-refractivity contribution in [3.05, 3.63) is 23.9 Å². The average molecular weight is 470 g/mol. The lowest BCUT2D eigenvalue weighted by molar-refractivity contribution is -0.134. The molecule has 0 spiro atoms. The summed E-state index contributed by atoms with van der Waals surface area (Å²) in [6.07, 6.45) is 1.40. The number of fused-ring (bicyclic) bond motifs is 1. The fourth-order valence-electron chi connectivity index (χ4n) is 5.10. The number of piperidine rings is 2. The van der Waals surface area contributed by atoms with Crippen molar-refractivity contribution in [1.29, 1.82) is 0 Å². The van der Waals surface area contributed by atoms with Gasteiger partial charge in [0.25, 0.3) is 0 Å². The zero-order chi connectivity index (χ0) is 24.8. The molecule has 4 rings (SSSR count). The van der Waals surface area contributed by atoms with E-state index in [2.05, 4.69) is 41.4 Å². The van der Waals surface area contributed by atoms with E-state index in [0.29, 0.717) is 25.9 Å². The molecule has 0 aliphatic carbocycles. The van der Waals surface area contributed by atoms with Crippen molar-refractivity contribution in [3.8, 4) is 0 Å². The molecule has 184 valence electrons. The fraction of sp³-hybridized carbons (Fsp3) is 0.600. The Hall–Kier alpha value is -3.10. The number of anilines is 1. The van der Waals surface area contributed by atoms with Gasteiger partial charge in [-0.05, 0) is 57.7 Å². The van der Waals surface area contributed by atoms with Crippen molar-refractivity contribution in [2.45, 2.75) is 64.5 Å². The number of nitrogens with one attached hydrogen (secondary N) is 1. The highest BCUT2D eigenvalue weighted by Crippen LogP contribution is 2.34. The van der Waals surface area contributed by atoms with E-state index in [1.165, 1.54) is 0 Å². The average Bonchev–Trinajstić information content (AvgIpc) is 3.07. The maximum atomic E-state index is 12.5. The number of likely N-dealkylation sites (tertiary alicyclic amines) is 1. The Kier molecular flexibility index (Phi) is 6.31. The number of rotatable bonds is 3. The topological polar surface area (TPSA) is 96.8 Å². The quantitative estimate of drug-likeness (QED) is 0.694. The Morgan fingerprint density at radius 3 is 2.62 bits per heavy atom. The van der Waals surface area contributed by atoms with Crippen LogP contribution in [0.4, 0.5) is 10.5 Å². The molecule has 0 radical (unpaired) electrons. The predicted octanol–water partition coefficient (Wildman–Crippen LogP) is 3.18. The monoisotopic (exact) mass is 469 g/mol. The van der Waals surface area contributed by atoms with Gasteiger partial charge in [-0.1, -0.05) is 6.92 Å². The molecule has 1 unspecified atom stereocenters. The summed E-state index contributed by atoms with van der Waals surface area (Å²) in [4.78, 5) is 40.5. The van der Waals surface area contributed by atoms with E-state index in [-0.39, 0.29) is 29.9 Å². The maximum absolute atomic E-state index is 12.5. The third kappa shape index (κ3) is 4.74. The van der Waals surface area contributed by atoms with Gasteiger partial charge in [-0.15, -0.1) is 0 Å². The minimum Gasteiger partial charge on any atom is -0.444 e. The summed E-state index contributed by atoms with van der Waals surface area (Å²) in [5.74, 6) is -0.644.